The van der Waals surface area contributed by atoms with Crippen molar-refractivity contribution >= 4 is 11.9 Å². The van der Waals surface area contributed by atoms with E-state index in [1.54, 1.807) is 7.11 Å². The first-order valence-corrected chi connectivity index (χ1v) is 7.04. The van der Waals surface area contributed by atoms with Crippen LogP contribution in [-0.4, -0.2) is 69.3 Å². The van der Waals surface area contributed by atoms with Gasteiger partial charge in [-0.1, -0.05) is 0 Å². The molecule has 7 nitrogen and oxygen atoms in total. The number of carbonyl (C=O) groups excluding carboxylic acids is 2. The number of urea groups is 1. The maximum atomic E-state index is 11.8. The van der Waals surface area contributed by atoms with Gasteiger partial charge >= 0.3 is 6.03 Å². The Balaban J connectivity index is 2.27. The van der Waals surface area contributed by atoms with Crippen LogP contribution in [0.5, 0.6) is 0 Å². The molecule has 0 bridgehead atoms. The van der Waals surface area contributed by atoms with Gasteiger partial charge in [0.15, 0.2) is 0 Å². The summed E-state index contributed by atoms with van der Waals surface area (Å²) in [5.41, 5.74) is 0. The number of rotatable bonds is 6. The normalized spacial score (nSPS) is 21.2. The van der Waals surface area contributed by atoms with E-state index in [2.05, 4.69) is 20.9 Å². The molecule has 3 amide bonds. The highest BCUT2D eigenvalue weighted by Gasteiger charge is 2.21. The molecular formula is C13H26N4O3. The van der Waals surface area contributed by atoms with E-state index in [0.717, 1.165) is 25.9 Å². The van der Waals surface area contributed by atoms with Crippen LogP contribution < -0.4 is 16.0 Å². The average Bonchev–Trinajstić information content (AvgIpc) is 2.38. The van der Waals surface area contributed by atoms with E-state index in [1.807, 2.05) is 14.0 Å². The fourth-order valence-corrected chi connectivity index (χ4v) is 2.36. The van der Waals surface area contributed by atoms with Gasteiger partial charge in [-0.05, 0) is 33.4 Å². The highest BCUT2D eigenvalue weighted by Crippen LogP contribution is 2.08. The summed E-state index contributed by atoms with van der Waals surface area (Å²) in [7, 11) is 3.49. The third kappa shape index (κ3) is 6.31. The molecule has 3 N–H and O–H groups in total. The molecule has 0 aromatic carbocycles. The van der Waals surface area contributed by atoms with Crippen LogP contribution in [0.2, 0.25) is 0 Å². The number of likely N-dealkylation sites (N-methyl/N-ethyl adjacent to an activating group) is 1. The minimum atomic E-state index is -0.471. The van der Waals surface area contributed by atoms with Crippen LogP contribution in [0.25, 0.3) is 0 Å². The van der Waals surface area contributed by atoms with Crippen molar-refractivity contribution in [2.75, 3.05) is 40.4 Å². The van der Waals surface area contributed by atoms with Gasteiger partial charge in [-0.15, -0.1) is 0 Å². The molecule has 1 heterocycles. The Bertz CT molecular complexity index is 325. The minimum absolute atomic E-state index is 0.128. The first kappa shape index (κ1) is 16.9. The monoisotopic (exact) mass is 286 g/mol. The minimum Gasteiger partial charge on any atom is -0.383 e. The van der Waals surface area contributed by atoms with E-state index in [1.165, 1.54) is 0 Å². The van der Waals surface area contributed by atoms with Crippen molar-refractivity contribution in [2.45, 2.75) is 31.8 Å². The molecule has 1 saturated heterocycles. The van der Waals surface area contributed by atoms with Gasteiger partial charge in [-0.25, -0.2) is 4.79 Å². The van der Waals surface area contributed by atoms with Gasteiger partial charge in [0.25, 0.3) is 0 Å². The summed E-state index contributed by atoms with van der Waals surface area (Å²) < 4.78 is 4.91. The first-order chi connectivity index (χ1) is 9.55. The van der Waals surface area contributed by atoms with Gasteiger partial charge < -0.3 is 15.4 Å². The number of amides is 3. The van der Waals surface area contributed by atoms with Gasteiger partial charge in [-0.3, -0.25) is 15.0 Å². The summed E-state index contributed by atoms with van der Waals surface area (Å²) in [6.07, 6.45) is 2.19. The first-order valence-electron chi connectivity index (χ1n) is 7.04. The van der Waals surface area contributed by atoms with Gasteiger partial charge in [0.2, 0.25) is 5.91 Å². The number of hydrogen-bond donors (Lipinski definition) is 3. The molecule has 0 aromatic rings. The molecule has 0 saturated carbocycles. The maximum absolute atomic E-state index is 11.8. The Morgan fingerprint density at radius 3 is 2.85 bits per heavy atom. The van der Waals surface area contributed by atoms with Crippen molar-refractivity contribution in [3.05, 3.63) is 0 Å². The van der Waals surface area contributed by atoms with E-state index >= 15 is 0 Å². The number of nitrogens with one attached hydrogen (secondary N) is 3. The predicted molar refractivity (Wildman–Crippen MR) is 76.5 cm³/mol. The van der Waals surface area contributed by atoms with Crippen LogP contribution in [0.4, 0.5) is 4.79 Å². The van der Waals surface area contributed by atoms with Gasteiger partial charge in [0, 0.05) is 19.7 Å². The zero-order chi connectivity index (χ0) is 15.0. The number of likely N-dealkylation sites (tertiary alicyclic amines) is 1. The number of imide groups is 1. The highest BCUT2D eigenvalue weighted by atomic mass is 16.5. The number of hydrogen-bond acceptors (Lipinski definition) is 5. The van der Waals surface area contributed by atoms with Crippen LogP contribution >= 0.6 is 0 Å². The molecule has 1 rings (SSSR count). The summed E-state index contributed by atoms with van der Waals surface area (Å²) in [6, 6.07) is -0.176. The standard InChI is InChI=1S/C13H26N4O3/c1-10(9-20-3)15-13(19)16-12(18)8-17-6-4-5-11(7-17)14-2/h10-11,14H,4-9H2,1-3H3,(H2,15,16,18,19). The number of methoxy groups -OCH3 is 1. The molecule has 0 spiro atoms. The van der Waals surface area contributed by atoms with E-state index in [9.17, 15) is 9.59 Å². The Morgan fingerprint density at radius 2 is 2.20 bits per heavy atom. The third-order valence-electron chi connectivity index (χ3n) is 3.33. The quantitative estimate of drug-likeness (QED) is 0.615. The Labute approximate surface area is 120 Å². The Morgan fingerprint density at radius 1 is 1.45 bits per heavy atom. The average molecular weight is 286 g/mol. The van der Waals surface area contributed by atoms with Gasteiger partial charge in [0.1, 0.15) is 0 Å². The SMILES string of the molecule is CNC1CCCN(CC(=O)NC(=O)NC(C)COC)C1. The second-order valence-corrected chi connectivity index (χ2v) is 5.24. The smallest absolute Gasteiger partial charge is 0.321 e. The van der Waals surface area contributed by atoms with Crippen LogP contribution in [0.15, 0.2) is 0 Å². The van der Waals surface area contributed by atoms with Crippen LogP contribution in [0.3, 0.4) is 0 Å². The summed E-state index contributed by atoms with van der Waals surface area (Å²) in [6.45, 7) is 4.22. The molecule has 2 atom stereocenters. The summed E-state index contributed by atoms with van der Waals surface area (Å²) in [5.74, 6) is -0.274. The molecule has 20 heavy (non-hydrogen) atoms. The Kier molecular flexibility index (Phi) is 7.50. The maximum Gasteiger partial charge on any atom is 0.321 e. The predicted octanol–water partition coefficient (Wildman–Crippen LogP) is -0.469. The molecule has 2 unspecified atom stereocenters. The molecule has 0 aromatic heterocycles. The lowest BCUT2D eigenvalue weighted by Crippen LogP contribution is -2.51. The van der Waals surface area contributed by atoms with Crippen molar-refractivity contribution in [1.29, 1.82) is 0 Å². The third-order valence-corrected chi connectivity index (χ3v) is 3.33. The second-order valence-electron chi connectivity index (χ2n) is 5.24. The Hall–Kier alpha value is -1.18. The fraction of sp³-hybridized carbons (Fsp3) is 0.846. The molecular weight excluding hydrogens is 260 g/mol. The van der Waals surface area contributed by atoms with E-state index in [0.29, 0.717) is 12.6 Å². The zero-order valence-electron chi connectivity index (χ0n) is 12.6. The largest absolute Gasteiger partial charge is 0.383 e. The summed E-state index contributed by atoms with van der Waals surface area (Å²) >= 11 is 0. The van der Waals surface area contributed by atoms with Crippen molar-refractivity contribution in [3.63, 3.8) is 0 Å². The van der Waals surface area contributed by atoms with Crippen molar-refractivity contribution < 1.29 is 14.3 Å². The van der Waals surface area contributed by atoms with Gasteiger partial charge in [-0.2, -0.15) is 0 Å². The number of ether oxygens (including phenoxy) is 1. The molecule has 7 heteroatoms. The van der Waals surface area contributed by atoms with Crippen molar-refractivity contribution in [2.24, 2.45) is 0 Å². The molecule has 0 aliphatic carbocycles. The van der Waals surface area contributed by atoms with Crippen LogP contribution in [0, 0.1) is 0 Å². The lowest BCUT2D eigenvalue weighted by Gasteiger charge is -2.31. The van der Waals surface area contributed by atoms with E-state index < -0.39 is 6.03 Å². The van der Waals surface area contributed by atoms with Gasteiger partial charge in [0.05, 0.1) is 19.2 Å². The van der Waals surface area contributed by atoms with E-state index in [-0.39, 0.29) is 18.5 Å². The lowest BCUT2D eigenvalue weighted by molar-refractivity contribution is -0.121. The molecule has 0 radical (unpaired) electrons. The number of piperidine rings is 1. The molecule has 116 valence electrons. The second kappa shape index (κ2) is 8.89. The fourth-order valence-electron chi connectivity index (χ4n) is 2.36. The van der Waals surface area contributed by atoms with Crippen molar-refractivity contribution in [1.82, 2.24) is 20.9 Å². The summed E-state index contributed by atoms with van der Waals surface area (Å²) in [4.78, 5) is 25.4. The molecule has 1 fully saturated rings. The molecule has 1 aliphatic rings. The topological polar surface area (TPSA) is 82.7 Å². The van der Waals surface area contributed by atoms with Crippen molar-refractivity contribution in [3.8, 4) is 0 Å². The number of carbonyl (C=O) groups is 2. The summed E-state index contributed by atoms with van der Waals surface area (Å²) in [5, 5.41) is 8.21. The van der Waals surface area contributed by atoms with Crippen LogP contribution in [-0.2, 0) is 9.53 Å². The number of nitrogens with zero attached hydrogens (tertiary/aromatic N) is 1. The molecule has 1 aliphatic heterocycles. The zero-order valence-corrected chi connectivity index (χ0v) is 12.6. The van der Waals surface area contributed by atoms with Crippen LogP contribution in [0.1, 0.15) is 19.8 Å². The highest BCUT2D eigenvalue weighted by molar-refractivity contribution is 5.95. The van der Waals surface area contributed by atoms with E-state index in [4.69, 9.17) is 4.74 Å². The lowest BCUT2D eigenvalue weighted by atomic mass is 10.1.